The van der Waals surface area contributed by atoms with Gasteiger partial charge in [-0.2, -0.15) is 0 Å². The monoisotopic (exact) mass is 372 g/mol. The fourth-order valence-corrected chi connectivity index (χ4v) is 2.06. The fraction of sp³-hybridized carbons (Fsp3) is 0.842. The Morgan fingerprint density at radius 1 is 0.962 bits per heavy atom. The van der Waals surface area contributed by atoms with Crippen LogP contribution in [0.15, 0.2) is 0 Å². The number of nitrogens with one attached hydrogen (secondary N) is 1. The molecule has 0 bridgehead atoms. The highest BCUT2D eigenvalue weighted by atomic mass is 16.6. The topological polar surface area (TPSA) is 108 Å². The SMILES string of the molecule is CC[C@H](C)[C@H](NC(=O)CC[C@H](N)C(=O)OC(C)(C)C)C(=O)OC(C)(C)C. The van der Waals surface area contributed by atoms with E-state index in [2.05, 4.69) is 5.32 Å². The number of esters is 2. The minimum absolute atomic E-state index is 0.0240. The predicted molar refractivity (Wildman–Crippen MR) is 100 cm³/mol. The van der Waals surface area contributed by atoms with Crippen LogP contribution in [-0.2, 0) is 23.9 Å². The highest BCUT2D eigenvalue weighted by molar-refractivity contribution is 5.85. The van der Waals surface area contributed by atoms with Crippen molar-refractivity contribution in [2.24, 2.45) is 11.7 Å². The molecule has 0 aliphatic carbocycles. The van der Waals surface area contributed by atoms with E-state index < -0.39 is 35.2 Å². The van der Waals surface area contributed by atoms with Gasteiger partial charge >= 0.3 is 11.9 Å². The van der Waals surface area contributed by atoms with E-state index in [1.165, 1.54) is 0 Å². The summed E-state index contributed by atoms with van der Waals surface area (Å²) >= 11 is 0. The predicted octanol–water partition coefficient (Wildman–Crippen LogP) is 2.31. The largest absolute Gasteiger partial charge is 0.459 e. The number of nitrogens with two attached hydrogens (primary N) is 1. The highest BCUT2D eigenvalue weighted by Gasteiger charge is 2.31. The smallest absolute Gasteiger partial charge is 0.329 e. The lowest BCUT2D eigenvalue weighted by Crippen LogP contribution is -2.48. The molecule has 0 saturated heterocycles. The Morgan fingerprint density at radius 2 is 1.42 bits per heavy atom. The molecule has 7 heteroatoms. The molecular formula is C19H36N2O5. The van der Waals surface area contributed by atoms with E-state index in [0.29, 0.717) is 6.42 Å². The number of amides is 1. The summed E-state index contributed by atoms with van der Waals surface area (Å²) in [6.07, 6.45) is 0.875. The molecule has 0 fully saturated rings. The Morgan fingerprint density at radius 3 is 1.85 bits per heavy atom. The van der Waals surface area contributed by atoms with Crippen molar-refractivity contribution in [3.63, 3.8) is 0 Å². The van der Waals surface area contributed by atoms with Crippen molar-refractivity contribution >= 4 is 17.8 Å². The molecule has 0 radical (unpaired) electrons. The third-order valence-electron chi connectivity index (χ3n) is 3.58. The van der Waals surface area contributed by atoms with Crippen LogP contribution < -0.4 is 11.1 Å². The molecular weight excluding hydrogens is 336 g/mol. The number of rotatable bonds is 8. The second-order valence-corrected chi connectivity index (χ2v) is 8.64. The molecule has 0 aromatic carbocycles. The van der Waals surface area contributed by atoms with Gasteiger partial charge in [-0.1, -0.05) is 20.3 Å². The normalized spacial score (nSPS) is 15.6. The fourth-order valence-electron chi connectivity index (χ4n) is 2.06. The van der Waals surface area contributed by atoms with Crippen LogP contribution in [0.4, 0.5) is 0 Å². The lowest BCUT2D eigenvalue weighted by molar-refractivity contribution is -0.160. The van der Waals surface area contributed by atoms with Gasteiger partial charge < -0.3 is 20.5 Å². The molecule has 0 saturated carbocycles. The standard InChI is InChI=1S/C19H36N2O5/c1-9-12(2)15(17(24)26-19(6,7)8)21-14(22)11-10-13(20)16(23)25-18(3,4)5/h12-13,15H,9-11,20H2,1-8H3,(H,21,22)/t12-,13-,15-/m0/s1. The van der Waals surface area contributed by atoms with Crippen molar-refractivity contribution < 1.29 is 23.9 Å². The summed E-state index contributed by atoms with van der Waals surface area (Å²) in [5.41, 5.74) is 4.52. The van der Waals surface area contributed by atoms with E-state index in [1.807, 2.05) is 13.8 Å². The van der Waals surface area contributed by atoms with Crippen LogP contribution in [0.3, 0.4) is 0 Å². The third-order valence-corrected chi connectivity index (χ3v) is 3.58. The molecule has 0 spiro atoms. The molecule has 1 amide bonds. The molecule has 0 aromatic heterocycles. The first-order valence-electron chi connectivity index (χ1n) is 9.17. The summed E-state index contributed by atoms with van der Waals surface area (Å²) in [5, 5.41) is 2.71. The van der Waals surface area contributed by atoms with E-state index in [9.17, 15) is 14.4 Å². The van der Waals surface area contributed by atoms with E-state index in [4.69, 9.17) is 15.2 Å². The molecule has 3 N–H and O–H groups in total. The van der Waals surface area contributed by atoms with Crippen LogP contribution in [0.25, 0.3) is 0 Å². The van der Waals surface area contributed by atoms with E-state index in [1.54, 1.807) is 41.5 Å². The third kappa shape index (κ3) is 10.4. The Balaban J connectivity index is 4.72. The van der Waals surface area contributed by atoms with Crippen LogP contribution in [0.2, 0.25) is 0 Å². The van der Waals surface area contributed by atoms with Crippen LogP contribution in [0, 0.1) is 5.92 Å². The Hall–Kier alpha value is -1.63. The van der Waals surface area contributed by atoms with E-state index >= 15 is 0 Å². The summed E-state index contributed by atoms with van der Waals surface area (Å²) in [4.78, 5) is 36.5. The van der Waals surface area contributed by atoms with Gasteiger partial charge in [-0.05, 0) is 53.9 Å². The van der Waals surface area contributed by atoms with Gasteiger partial charge in [0.2, 0.25) is 5.91 Å². The van der Waals surface area contributed by atoms with Crippen LogP contribution in [0.5, 0.6) is 0 Å². The quantitative estimate of drug-likeness (QED) is 0.633. The maximum Gasteiger partial charge on any atom is 0.329 e. The molecule has 7 nitrogen and oxygen atoms in total. The molecule has 0 aliphatic rings. The zero-order valence-corrected chi connectivity index (χ0v) is 17.5. The Labute approximate surface area is 157 Å². The Bertz CT molecular complexity index is 491. The molecule has 0 aliphatic heterocycles. The number of hydrogen-bond donors (Lipinski definition) is 2. The lowest BCUT2D eigenvalue weighted by atomic mass is 9.98. The van der Waals surface area contributed by atoms with Gasteiger partial charge in [0.25, 0.3) is 0 Å². The minimum Gasteiger partial charge on any atom is -0.459 e. The second kappa shape index (κ2) is 9.90. The molecule has 0 heterocycles. The van der Waals surface area contributed by atoms with Gasteiger partial charge in [-0.25, -0.2) is 4.79 Å². The van der Waals surface area contributed by atoms with Crippen LogP contribution >= 0.6 is 0 Å². The average molecular weight is 373 g/mol. The molecule has 0 aromatic rings. The maximum atomic E-state index is 12.4. The van der Waals surface area contributed by atoms with Gasteiger partial charge in [0.1, 0.15) is 23.3 Å². The lowest BCUT2D eigenvalue weighted by Gasteiger charge is -2.27. The maximum absolute atomic E-state index is 12.4. The van der Waals surface area contributed by atoms with Gasteiger partial charge in [0.05, 0.1) is 0 Å². The molecule has 0 unspecified atom stereocenters. The minimum atomic E-state index is -0.886. The van der Waals surface area contributed by atoms with E-state index in [-0.39, 0.29) is 24.7 Å². The number of hydrogen-bond acceptors (Lipinski definition) is 6. The first-order chi connectivity index (χ1) is 11.7. The summed E-state index contributed by atoms with van der Waals surface area (Å²) in [6, 6.07) is -1.62. The zero-order valence-electron chi connectivity index (χ0n) is 17.5. The van der Waals surface area contributed by atoms with Crippen molar-refractivity contribution in [2.75, 3.05) is 0 Å². The van der Waals surface area contributed by atoms with Crippen LogP contribution in [0.1, 0.15) is 74.7 Å². The summed E-state index contributed by atoms with van der Waals surface area (Å²) in [5.74, 6) is -1.43. The average Bonchev–Trinajstić information content (AvgIpc) is 2.45. The number of ether oxygens (including phenoxy) is 2. The van der Waals surface area contributed by atoms with Crippen molar-refractivity contribution in [3.05, 3.63) is 0 Å². The molecule has 152 valence electrons. The van der Waals surface area contributed by atoms with Crippen LogP contribution in [-0.4, -0.2) is 41.1 Å². The summed E-state index contributed by atoms with van der Waals surface area (Å²) in [7, 11) is 0. The van der Waals surface area contributed by atoms with Crippen molar-refractivity contribution in [3.8, 4) is 0 Å². The van der Waals surface area contributed by atoms with Crippen molar-refractivity contribution in [2.45, 2.75) is 97.9 Å². The molecule has 0 rings (SSSR count). The highest BCUT2D eigenvalue weighted by Crippen LogP contribution is 2.15. The van der Waals surface area contributed by atoms with Gasteiger partial charge in [0, 0.05) is 6.42 Å². The van der Waals surface area contributed by atoms with Crippen molar-refractivity contribution in [1.29, 1.82) is 0 Å². The molecule has 3 atom stereocenters. The number of carbonyl (C=O) groups is 3. The van der Waals surface area contributed by atoms with Gasteiger partial charge in [0.15, 0.2) is 0 Å². The van der Waals surface area contributed by atoms with E-state index in [0.717, 1.165) is 0 Å². The summed E-state index contributed by atoms with van der Waals surface area (Å²) in [6.45, 7) is 14.4. The first-order valence-corrected chi connectivity index (χ1v) is 9.17. The van der Waals surface area contributed by atoms with Crippen molar-refractivity contribution in [1.82, 2.24) is 5.32 Å². The number of carbonyl (C=O) groups excluding carboxylic acids is 3. The Kier molecular flexibility index (Phi) is 9.28. The second-order valence-electron chi connectivity index (χ2n) is 8.64. The van der Waals surface area contributed by atoms with Gasteiger partial charge in [-0.15, -0.1) is 0 Å². The summed E-state index contributed by atoms with van der Waals surface area (Å²) < 4.78 is 10.6. The molecule has 26 heavy (non-hydrogen) atoms. The zero-order chi connectivity index (χ0) is 20.7. The first kappa shape index (κ1) is 24.4. The van der Waals surface area contributed by atoms with Gasteiger partial charge in [-0.3, -0.25) is 9.59 Å².